The lowest BCUT2D eigenvalue weighted by atomic mass is 10.3. The maximum atomic E-state index is 12.5. The van der Waals surface area contributed by atoms with E-state index in [1.54, 1.807) is 0 Å². The van der Waals surface area contributed by atoms with Gasteiger partial charge in [-0.25, -0.2) is 4.98 Å². The van der Waals surface area contributed by atoms with Crippen LogP contribution in [0.15, 0.2) is 0 Å². The molecule has 8 heteroatoms. The topological polar surface area (TPSA) is 22.1 Å². The molecule has 90 valence electrons. The highest BCUT2D eigenvalue weighted by Crippen LogP contribution is 2.36. The van der Waals surface area contributed by atoms with Crippen LogP contribution in [-0.4, -0.2) is 16.6 Å². The molecule has 0 saturated heterocycles. The first-order valence-corrected chi connectivity index (χ1v) is 5.87. The third kappa shape index (κ3) is 3.29. The van der Waals surface area contributed by atoms with Gasteiger partial charge in [-0.05, 0) is 18.6 Å². The van der Waals surface area contributed by atoms with E-state index in [1.807, 2.05) is 6.92 Å². The molecule has 0 radical (unpaired) electrons. The monoisotopic (exact) mass is 289 g/mol. The molecule has 1 aromatic rings. The van der Waals surface area contributed by atoms with Crippen molar-refractivity contribution in [3.8, 4) is 0 Å². The normalized spacial score (nSPS) is 11.6. The number of nitrogens with zero attached hydrogens (tertiary/aromatic N) is 1. The molecule has 0 N–H and O–H groups in total. The summed E-state index contributed by atoms with van der Waals surface area (Å²) in [6.07, 6.45) is -3.91. The molecule has 0 spiro atoms. The molecule has 1 heterocycles. The molecule has 0 aliphatic rings. The SMILES string of the molecule is CCCOC(=S)c1sc(Cl)nc1C(F)(F)F. The molecule has 16 heavy (non-hydrogen) atoms. The summed E-state index contributed by atoms with van der Waals surface area (Å²) >= 11 is 10.9. The zero-order valence-corrected chi connectivity index (χ0v) is 10.5. The van der Waals surface area contributed by atoms with Crippen LogP contribution in [0.1, 0.15) is 23.9 Å². The average Bonchev–Trinajstić information content (AvgIpc) is 2.56. The van der Waals surface area contributed by atoms with E-state index in [4.69, 9.17) is 28.6 Å². The van der Waals surface area contributed by atoms with Gasteiger partial charge in [0.2, 0.25) is 5.05 Å². The number of halogens is 4. The van der Waals surface area contributed by atoms with Crippen molar-refractivity contribution in [1.82, 2.24) is 4.98 Å². The van der Waals surface area contributed by atoms with Gasteiger partial charge in [-0.15, -0.1) is 0 Å². The van der Waals surface area contributed by atoms with Gasteiger partial charge in [0.1, 0.15) is 4.88 Å². The Hall–Kier alpha value is -0.400. The maximum Gasteiger partial charge on any atom is 0.435 e. The Bertz CT molecular complexity index is 391. The first kappa shape index (κ1) is 13.7. The molecule has 0 amide bonds. The van der Waals surface area contributed by atoms with Crippen molar-refractivity contribution in [2.45, 2.75) is 19.5 Å². The smallest absolute Gasteiger partial charge is 0.435 e. The van der Waals surface area contributed by atoms with E-state index in [-0.39, 0.29) is 21.0 Å². The van der Waals surface area contributed by atoms with Gasteiger partial charge < -0.3 is 4.74 Å². The lowest BCUT2D eigenvalue weighted by Crippen LogP contribution is -2.13. The number of thiocarbonyl (C=S) groups is 1. The number of thiazole rings is 1. The molecule has 0 bridgehead atoms. The molecule has 0 atom stereocenters. The summed E-state index contributed by atoms with van der Waals surface area (Å²) in [5, 5.41) is -0.210. The number of alkyl halides is 3. The molecule has 0 unspecified atom stereocenters. The van der Waals surface area contributed by atoms with Gasteiger partial charge in [-0.3, -0.25) is 0 Å². The van der Waals surface area contributed by atoms with Crippen LogP contribution >= 0.6 is 35.2 Å². The van der Waals surface area contributed by atoms with Crippen LogP contribution in [0.2, 0.25) is 4.47 Å². The second-order valence-corrected chi connectivity index (χ2v) is 4.73. The van der Waals surface area contributed by atoms with Crippen molar-refractivity contribution < 1.29 is 17.9 Å². The molecule has 0 aromatic carbocycles. The Morgan fingerprint density at radius 2 is 2.19 bits per heavy atom. The molecule has 1 aromatic heterocycles. The Balaban J connectivity index is 2.99. The highest BCUT2D eigenvalue weighted by molar-refractivity contribution is 7.80. The Morgan fingerprint density at radius 1 is 1.56 bits per heavy atom. The minimum atomic E-state index is -4.57. The maximum absolute atomic E-state index is 12.5. The van der Waals surface area contributed by atoms with E-state index in [9.17, 15) is 13.2 Å². The number of ether oxygens (including phenoxy) is 1. The molecule has 2 nitrogen and oxygen atoms in total. The molecule has 1 rings (SSSR count). The average molecular weight is 290 g/mol. The van der Waals surface area contributed by atoms with Gasteiger partial charge in [0.25, 0.3) is 0 Å². The van der Waals surface area contributed by atoms with Gasteiger partial charge in [0.15, 0.2) is 10.2 Å². The summed E-state index contributed by atoms with van der Waals surface area (Å²) in [6, 6.07) is 0. The van der Waals surface area contributed by atoms with Crippen LogP contribution in [0.3, 0.4) is 0 Å². The summed E-state index contributed by atoms with van der Waals surface area (Å²) in [5.74, 6) is 0. The highest BCUT2D eigenvalue weighted by atomic mass is 35.5. The second-order valence-electron chi connectivity index (χ2n) is 2.78. The van der Waals surface area contributed by atoms with Crippen molar-refractivity contribution >= 4 is 40.2 Å². The van der Waals surface area contributed by atoms with Crippen LogP contribution in [0.25, 0.3) is 0 Å². The van der Waals surface area contributed by atoms with Crippen LogP contribution in [0, 0.1) is 0 Å². The first-order chi connectivity index (χ1) is 7.36. The minimum absolute atomic E-state index is 0.204. The molecular formula is C8H7ClF3NOS2. The van der Waals surface area contributed by atoms with Crippen LogP contribution < -0.4 is 0 Å². The van der Waals surface area contributed by atoms with E-state index in [2.05, 4.69) is 4.98 Å². The Morgan fingerprint density at radius 3 is 2.69 bits per heavy atom. The van der Waals surface area contributed by atoms with Crippen molar-refractivity contribution in [1.29, 1.82) is 0 Å². The number of aromatic nitrogens is 1. The van der Waals surface area contributed by atoms with Gasteiger partial charge in [-0.2, -0.15) is 13.2 Å². The molecule has 0 aliphatic heterocycles. The third-order valence-corrected chi connectivity index (χ3v) is 3.10. The van der Waals surface area contributed by atoms with Crippen molar-refractivity contribution in [2.75, 3.05) is 6.61 Å². The Kier molecular flexibility index (Phi) is 4.52. The fourth-order valence-electron chi connectivity index (χ4n) is 0.885. The predicted molar refractivity (Wildman–Crippen MR) is 60.1 cm³/mol. The van der Waals surface area contributed by atoms with E-state index in [0.717, 1.165) is 0 Å². The Labute approximate surface area is 104 Å². The molecule has 0 saturated carbocycles. The van der Waals surface area contributed by atoms with Gasteiger partial charge in [-0.1, -0.05) is 29.9 Å². The fraction of sp³-hybridized carbons (Fsp3) is 0.500. The quantitative estimate of drug-likeness (QED) is 0.788. The summed E-state index contributed by atoms with van der Waals surface area (Å²) in [7, 11) is 0. The fourth-order valence-corrected chi connectivity index (χ4v) is 2.21. The zero-order chi connectivity index (χ0) is 12.3. The molecule has 0 fully saturated rings. The molecule has 0 aliphatic carbocycles. The van der Waals surface area contributed by atoms with E-state index in [0.29, 0.717) is 17.8 Å². The lowest BCUT2D eigenvalue weighted by molar-refractivity contribution is -0.140. The van der Waals surface area contributed by atoms with E-state index < -0.39 is 11.9 Å². The van der Waals surface area contributed by atoms with Gasteiger partial charge in [0, 0.05) is 0 Å². The molecular weight excluding hydrogens is 283 g/mol. The number of hydrogen-bond acceptors (Lipinski definition) is 4. The lowest BCUT2D eigenvalue weighted by Gasteiger charge is -2.07. The van der Waals surface area contributed by atoms with Crippen LogP contribution in [0.5, 0.6) is 0 Å². The van der Waals surface area contributed by atoms with Gasteiger partial charge >= 0.3 is 6.18 Å². The first-order valence-electron chi connectivity index (χ1n) is 4.27. The minimum Gasteiger partial charge on any atom is -0.482 e. The summed E-state index contributed by atoms with van der Waals surface area (Å²) in [4.78, 5) is 2.97. The summed E-state index contributed by atoms with van der Waals surface area (Å²) in [5.41, 5.74) is -1.08. The van der Waals surface area contributed by atoms with Crippen LogP contribution in [0.4, 0.5) is 13.2 Å². The van der Waals surface area contributed by atoms with Crippen LogP contribution in [-0.2, 0) is 10.9 Å². The van der Waals surface area contributed by atoms with Crippen molar-refractivity contribution in [2.24, 2.45) is 0 Å². The van der Waals surface area contributed by atoms with E-state index >= 15 is 0 Å². The standard InChI is InChI=1S/C8H7ClF3NOS2/c1-2-3-14-6(15)4-5(8(10,11)12)13-7(9)16-4/h2-3H2,1H3. The number of rotatable bonds is 3. The highest BCUT2D eigenvalue weighted by Gasteiger charge is 2.38. The summed E-state index contributed by atoms with van der Waals surface area (Å²) in [6.45, 7) is 2.10. The van der Waals surface area contributed by atoms with Crippen molar-refractivity contribution in [3.05, 3.63) is 15.0 Å². The van der Waals surface area contributed by atoms with Crippen molar-refractivity contribution in [3.63, 3.8) is 0 Å². The number of hydrogen-bond donors (Lipinski definition) is 0. The largest absolute Gasteiger partial charge is 0.482 e. The van der Waals surface area contributed by atoms with E-state index in [1.165, 1.54) is 0 Å². The second kappa shape index (κ2) is 5.29. The predicted octanol–water partition coefficient (Wildman–Crippen LogP) is 3.92. The summed E-state index contributed by atoms with van der Waals surface area (Å²) < 4.78 is 42.3. The third-order valence-electron chi connectivity index (χ3n) is 1.49. The van der Waals surface area contributed by atoms with Gasteiger partial charge in [0.05, 0.1) is 6.61 Å². The zero-order valence-electron chi connectivity index (χ0n) is 8.10.